The minimum absolute atomic E-state index is 0.00259. The van der Waals surface area contributed by atoms with E-state index in [-0.39, 0.29) is 53.7 Å². The second kappa shape index (κ2) is 22.7. The van der Waals surface area contributed by atoms with Crippen molar-refractivity contribution >= 4 is 17.5 Å². The normalized spacial score (nSPS) is 14.9. The van der Waals surface area contributed by atoms with Crippen molar-refractivity contribution in [3.05, 3.63) is 85.8 Å². The van der Waals surface area contributed by atoms with Crippen LogP contribution in [0.2, 0.25) is 0 Å². The molecular weight excluding hydrogens is 780 g/mol. The molecule has 3 aromatic carbocycles. The first kappa shape index (κ1) is 47.9. The van der Waals surface area contributed by atoms with Crippen molar-refractivity contribution in [1.82, 2.24) is 25.3 Å². The monoisotopic (exact) mass is 841 g/mol. The fourth-order valence-electron chi connectivity index (χ4n) is 7.26. The molecule has 18 nitrogen and oxygen atoms in total. The number of phenolic OH excluding ortho intramolecular Hbond substituents is 3. The van der Waals surface area contributed by atoms with Crippen molar-refractivity contribution in [3.8, 4) is 17.2 Å². The van der Waals surface area contributed by atoms with Gasteiger partial charge in [0, 0.05) is 78.2 Å². The lowest BCUT2D eigenvalue weighted by atomic mass is 10.0. The van der Waals surface area contributed by atoms with Gasteiger partial charge >= 0.3 is 0 Å². The van der Waals surface area contributed by atoms with Gasteiger partial charge in [0.25, 0.3) is 23.5 Å². The van der Waals surface area contributed by atoms with E-state index < -0.39 is 69.6 Å². The molecule has 0 radical (unpaired) electrons. The molecule has 0 bridgehead atoms. The van der Waals surface area contributed by atoms with Gasteiger partial charge in [-0.05, 0) is 69.1 Å². The number of aliphatic hydroxyl groups is 6. The zero-order valence-electron chi connectivity index (χ0n) is 34.5. The number of carbonyl (C=O) groups excluding carboxylic acids is 2. The molecule has 3 aromatic rings. The number of phenols is 3. The molecule has 1 saturated heterocycles. The Morgan fingerprint density at radius 2 is 0.900 bits per heavy atom. The first-order chi connectivity index (χ1) is 28.7. The van der Waals surface area contributed by atoms with Crippen LogP contribution in [-0.4, -0.2) is 174 Å². The second-order valence-electron chi connectivity index (χ2n) is 15.5. The van der Waals surface area contributed by atoms with E-state index in [1.54, 1.807) is 39.0 Å². The topological polar surface area (TPSA) is 270 Å². The first-order valence-electron chi connectivity index (χ1n) is 20.0. The van der Waals surface area contributed by atoms with Gasteiger partial charge in [0.1, 0.15) is 24.7 Å². The second-order valence-corrected chi connectivity index (χ2v) is 15.5. The highest BCUT2D eigenvalue weighted by Crippen LogP contribution is 2.34. The number of nitrogens with one attached hydrogen (secondary N) is 2. The van der Waals surface area contributed by atoms with Crippen LogP contribution in [0.4, 0.5) is 5.69 Å². The number of aromatic hydroxyl groups is 3. The summed E-state index contributed by atoms with van der Waals surface area (Å²) in [6.45, 7) is 5.87. The number of carbonyl (C=O) groups is 2. The van der Waals surface area contributed by atoms with Crippen LogP contribution in [0.1, 0.15) is 60.5 Å². The van der Waals surface area contributed by atoms with Crippen LogP contribution < -0.4 is 10.6 Å². The molecule has 4 rings (SSSR count). The van der Waals surface area contributed by atoms with E-state index in [9.17, 15) is 60.5 Å². The van der Waals surface area contributed by atoms with Gasteiger partial charge in [-0.15, -0.1) is 0 Å². The smallest absolute Gasteiger partial charge is 0.298 e. The molecule has 0 unspecified atom stereocenters. The molecule has 1 aliphatic rings. The summed E-state index contributed by atoms with van der Waals surface area (Å²) in [6.07, 6.45) is 0.654. The zero-order chi connectivity index (χ0) is 44.1. The van der Waals surface area contributed by atoms with E-state index in [0.29, 0.717) is 83.8 Å². The number of rotatable bonds is 18. The summed E-state index contributed by atoms with van der Waals surface area (Å²) in [5.74, 6) is -2.04. The van der Waals surface area contributed by atoms with E-state index in [1.807, 2.05) is 0 Å². The lowest BCUT2D eigenvalue weighted by Gasteiger charge is -2.33. The summed E-state index contributed by atoms with van der Waals surface area (Å²) >= 11 is 0. The van der Waals surface area contributed by atoms with Gasteiger partial charge in [-0.3, -0.25) is 24.3 Å². The van der Waals surface area contributed by atoms with E-state index in [0.717, 1.165) is 0 Å². The van der Waals surface area contributed by atoms with Crippen molar-refractivity contribution in [3.63, 3.8) is 0 Å². The molecule has 1 aliphatic heterocycles. The van der Waals surface area contributed by atoms with Crippen LogP contribution in [0.15, 0.2) is 36.4 Å². The summed E-state index contributed by atoms with van der Waals surface area (Å²) in [4.78, 5) is 45.6. The highest BCUT2D eigenvalue weighted by Gasteiger charge is 2.32. The molecule has 0 aromatic heterocycles. The SMILES string of the molecule is Cc1cc(CN2CCCN(Cc3cc(C)cc(C(=O)NC(CO)CO)c3O)CCN(Cc3cc(C)cc([N+](=O)C(CO)CO)c3O)CC2)c(O)c(C(=O)NC(CO)CO)c1. The largest absolute Gasteiger partial charge is 0.507 e. The molecule has 0 aliphatic carbocycles. The molecule has 330 valence electrons. The predicted molar refractivity (Wildman–Crippen MR) is 221 cm³/mol. The average molecular weight is 842 g/mol. The summed E-state index contributed by atoms with van der Waals surface area (Å²) in [7, 11) is 0. The number of amides is 2. The predicted octanol–water partition coefficient (Wildman–Crippen LogP) is -0.132. The molecule has 1 heterocycles. The molecule has 1 fully saturated rings. The van der Waals surface area contributed by atoms with E-state index in [2.05, 4.69) is 25.3 Å². The Kier molecular flexibility index (Phi) is 18.2. The molecule has 18 heteroatoms. The molecule has 60 heavy (non-hydrogen) atoms. The Morgan fingerprint density at radius 1 is 0.550 bits per heavy atom. The number of hydrogen-bond donors (Lipinski definition) is 11. The minimum atomic E-state index is -1.17. The lowest BCUT2D eigenvalue weighted by Crippen LogP contribution is -2.42. The van der Waals surface area contributed by atoms with Gasteiger partial charge in [-0.1, -0.05) is 18.2 Å². The van der Waals surface area contributed by atoms with E-state index >= 15 is 0 Å². The van der Waals surface area contributed by atoms with Crippen LogP contribution in [0.25, 0.3) is 0 Å². The fourth-order valence-corrected chi connectivity index (χ4v) is 7.26. The van der Waals surface area contributed by atoms with Gasteiger partial charge < -0.3 is 56.6 Å². The van der Waals surface area contributed by atoms with E-state index in [4.69, 9.17) is 0 Å². The first-order valence-corrected chi connectivity index (χ1v) is 20.0. The van der Waals surface area contributed by atoms with Gasteiger partial charge in [-0.2, -0.15) is 0 Å². The van der Waals surface area contributed by atoms with Crippen molar-refractivity contribution in [2.24, 2.45) is 0 Å². The zero-order valence-corrected chi connectivity index (χ0v) is 34.5. The Labute approximate surface area is 349 Å². The Balaban J connectivity index is 1.67. The Hall–Kier alpha value is -4.76. The molecular formula is C42H61N6O12+. The summed E-state index contributed by atoms with van der Waals surface area (Å²) < 4.78 is 0.408. The lowest BCUT2D eigenvalue weighted by molar-refractivity contribution is -0.514. The molecule has 0 saturated carbocycles. The van der Waals surface area contributed by atoms with Crippen molar-refractivity contribution in [2.45, 2.75) is 65.0 Å². The van der Waals surface area contributed by atoms with Crippen molar-refractivity contribution < 1.29 is 60.3 Å². The van der Waals surface area contributed by atoms with Gasteiger partial charge in [0.15, 0.2) is 5.75 Å². The molecule has 0 atom stereocenters. The molecule has 11 N–H and O–H groups in total. The number of benzene rings is 3. The summed E-state index contributed by atoms with van der Waals surface area (Å²) in [5.41, 5.74) is 3.45. The number of nitrogens with zero attached hydrogens (tertiary/aromatic N) is 4. The van der Waals surface area contributed by atoms with Crippen LogP contribution in [0.3, 0.4) is 0 Å². The maximum atomic E-state index is 13.1. The third kappa shape index (κ3) is 12.6. The Bertz CT molecular complexity index is 1840. The van der Waals surface area contributed by atoms with Crippen LogP contribution in [0.5, 0.6) is 17.2 Å². The minimum Gasteiger partial charge on any atom is -0.507 e. The van der Waals surface area contributed by atoms with Crippen molar-refractivity contribution in [2.75, 3.05) is 78.9 Å². The third-order valence-electron chi connectivity index (χ3n) is 10.6. The highest BCUT2D eigenvalue weighted by atomic mass is 16.3. The van der Waals surface area contributed by atoms with Crippen LogP contribution >= 0.6 is 0 Å². The molecule has 2 amide bonds. The van der Waals surface area contributed by atoms with Gasteiger partial charge in [0.05, 0.1) is 49.6 Å². The van der Waals surface area contributed by atoms with E-state index in [1.165, 1.54) is 18.2 Å². The number of aliphatic hydroxyl groups excluding tert-OH is 6. The fraction of sp³-hybridized carbons (Fsp3) is 0.524. The standard InChI is InChI=1S/C42H60N6O12/c1-26-11-29(38(55)35(14-26)41(58)43-32(20-49)21-50)17-45-5-4-6-46(18-30-12-27(2)15-36(39(30)56)42(59)44-33(22-51)23-52)8-10-47(9-7-45)19-31-13-28(3)16-37(40(31)57)48(60)34(24-53)25-54/h11-16,32-34,49-54H,4-10,17-25H2,1-3H3,(H4-,43,44,55,56,57,58,59,60)/p+1. The quantitative estimate of drug-likeness (QED) is 0.0745. The van der Waals surface area contributed by atoms with Crippen LogP contribution in [0, 0.1) is 25.7 Å². The number of aryl methyl sites for hydroxylation is 3. The average Bonchev–Trinajstić information content (AvgIpc) is 3.22. The van der Waals surface area contributed by atoms with Gasteiger partial charge in [0.2, 0.25) is 0 Å². The number of hydrogen-bond acceptors (Lipinski definition) is 15. The maximum Gasteiger partial charge on any atom is 0.298 e. The summed E-state index contributed by atoms with van der Waals surface area (Å²) in [6, 6.07) is 6.91. The van der Waals surface area contributed by atoms with Gasteiger partial charge in [-0.25, -0.2) is 0 Å². The number of nitroso groups, excluding NO2 is 1. The third-order valence-corrected chi connectivity index (χ3v) is 10.6. The van der Waals surface area contributed by atoms with Crippen LogP contribution in [-0.2, 0) is 19.6 Å². The maximum absolute atomic E-state index is 13.1. The highest BCUT2D eigenvalue weighted by molar-refractivity contribution is 5.98. The van der Waals surface area contributed by atoms with Crippen molar-refractivity contribution in [1.29, 1.82) is 0 Å². The summed E-state index contributed by atoms with van der Waals surface area (Å²) in [5, 5.41) is 96.4. The molecule has 0 spiro atoms. The Morgan fingerprint density at radius 3 is 1.27 bits per heavy atom.